The van der Waals surface area contributed by atoms with E-state index in [0.717, 1.165) is 0 Å². The molecule has 0 unspecified atom stereocenters. The van der Waals surface area contributed by atoms with Gasteiger partial charge in [0.2, 0.25) is 5.91 Å². The van der Waals surface area contributed by atoms with Crippen LogP contribution in [-0.2, 0) is 23.9 Å². The van der Waals surface area contributed by atoms with Gasteiger partial charge < -0.3 is 20.5 Å². The van der Waals surface area contributed by atoms with Crippen LogP contribution < -0.4 is 11.1 Å². The zero-order valence-electron chi connectivity index (χ0n) is 9.76. The molecule has 17 heavy (non-hydrogen) atoms. The maximum atomic E-state index is 11.5. The van der Waals surface area contributed by atoms with Crippen LogP contribution in [0.15, 0.2) is 0 Å². The summed E-state index contributed by atoms with van der Waals surface area (Å²) in [6.07, 6.45) is 0.144. The lowest BCUT2D eigenvalue weighted by molar-refractivity contribution is -0.147. The first kappa shape index (κ1) is 13.4. The van der Waals surface area contributed by atoms with Crippen molar-refractivity contribution >= 4 is 17.8 Å². The van der Waals surface area contributed by atoms with Gasteiger partial charge in [0.25, 0.3) is 0 Å². The van der Waals surface area contributed by atoms with E-state index < -0.39 is 35.8 Å². The van der Waals surface area contributed by atoms with Crippen molar-refractivity contribution < 1.29 is 23.9 Å². The monoisotopic (exact) mass is 244 g/mol. The number of ether oxygens (including phenoxy) is 2. The van der Waals surface area contributed by atoms with Gasteiger partial charge >= 0.3 is 11.9 Å². The summed E-state index contributed by atoms with van der Waals surface area (Å²) in [6, 6.07) is -1.79. The minimum absolute atomic E-state index is 0.144. The first-order valence-electron chi connectivity index (χ1n) is 5.31. The van der Waals surface area contributed by atoms with Crippen molar-refractivity contribution in [1.82, 2.24) is 5.32 Å². The molecule has 3 atom stereocenters. The number of nitrogens with two attached hydrogens (primary N) is 1. The van der Waals surface area contributed by atoms with E-state index in [2.05, 4.69) is 10.1 Å². The van der Waals surface area contributed by atoms with Crippen LogP contribution in [0.2, 0.25) is 0 Å². The molecule has 0 aromatic carbocycles. The van der Waals surface area contributed by atoms with Gasteiger partial charge in [0.1, 0.15) is 12.1 Å². The molecule has 0 aliphatic carbocycles. The van der Waals surface area contributed by atoms with E-state index in [4.69, 9.17) is 10.5 Å². The summed E-state index contributed by atoms with van der Waals surface area (Å²) in [6.45, 7) is 1.85. The van der Waals surface area contributed by atoms with E-state index in [1.54, 1.807) is 6.92 Å². The largest absolute Gasteiger partial charge is 0.467 e. The first-order chi connectivity index (χ1) is 8.01. The zero-order chi connectivity index (χ0) is 13.0. The van der Waals surface area contributed by atoms with E-state index in [9.17, 15) is 14.4 Å². The van der Waals surface area contributed by atoms with Gasteiger partial charge in [-0.15, -0.1) is 0 Å². The summed E-state index contributed by atoms with van der Waals surface area (Å²) >= 11 is 0. The highest BCUT2D eigenvalue weighted by atomic mass is 16.5. The van der Waals surface area contributed by atoms with Crippen molar-refractivity contribution in [2.24, 2.45) is 11.7 Å². The standard InChI is InChI=1S/C10H16N2O5/c1-3-17-10(15)7(11)5-4-6(9(14)16-2)12-8(5)13/h5-7H,3-4,11H2,1-2H3,(H,12,13)/t5-,6+,7+/m1/s1. The molecule has 0 bridgehead atoms. The summed E-state index contributed by atoms with van der Waals surface area (Å²) in [4.78, 5) is 34.2. The third-order valence-electron chi connectivity index (χ3n) is 2.62. The molecule has 1 fully saturated rings. The Bertz CT molecular complexity index is 331. The Kier molecular flexibility index (Phi) is 4.45. The second-order valence-corrected chi connectivity index (χ2v) is 3.70. The van der Waals surface area contributed by atoms with Crippen LogP contribution in [0.3, 0.4) is 0 Å². The van der Waals surface area contributed by atoms with Crippen molar-refractivity contribution in [3.8, 4) is 0 Å². The van der Waals surface area contributed by atoms with Crippen LogP contribution >= 0.6 is 0 Å². The minimum atomic E-state index is -1.05. The maximum Gasteiger partial charge on any atom is 0.328 e. The number of carbonyl (C=O) groups is 3. The Hall–Kier alpha value is -1.63. The Morgan fingerprint density at radius 1 is 1.59 bits per heavy atom. The second kappa shape index (κ2) is 5.62. The third kappa shape index (κ3) is 2.94. The zero-order valence-corrected chi connectivity index (χ0v) is 9.76. The fraction of sp³-hybridized carbons (Fsp3) is 0.700. The van der Waals surface area contributed by atoms with Crippen LogP contribution in [0.1, 0.15) is 13.3 Å². The van der Waals surface area contributed by atoms with Gasteiger partial charge in [-0.1, -0.05) is 0 Å². The molecule has 96 valence electrons. The highest BCUT2D eigenvalue weighted by molar-refractivity contribution is 5.93. The van der Waals surface area contributed by atoms with Gasteiger partial charge in [0.05, 0.1) is 19.6 Å². The topological polar surface area (TPSA) is 108 Å². The Morgan fingerprint density at radius 2 is 2.24 bits per heavy atom. The fourth-order valence-corrected chi connectivity index (χ4v) is 1.71. The molecule has 1 aliphatic rings. The average Bonchev–Trinajstić information content (AvgIpc) is 2.69. The normalized spacial score (nSPS) is 25.0. The summed E-state index contributed by atoms with van der Waals surface area (Å²) in [5.41, 5.74) is 5.62. The Labute approximate surface area is 98.6 Å². The summed E-state index contributed by atoms with van der Waals surface area (Å²) in [5, 5.41) is 2.43. The molecule has 1 amide bonds. The van der Waals surface area contributed by atoms with E-state index in [1.165, 1.54) is 7.11 Å². The van der Waals surface area contributed by atoms with Crippen molar-refractivity contribution in [2.45, 2.75) is 25.4 Å². The number of esters is 2. The Balaban J connectivity index is 2.64. The van der Waals surface area contributed by atoms with E-state index in [0.29, 0.717) is 0 Å². The molecule has 0 saturated carbocycles. The first-order valence-corrected chi connectivity index (χ1v) is 5.31. The molecule has 7 nitrogen and oxygen atoms in total. The fourth-order valence-electron chi connectivity index (χ4n) is 1.71. The number of amides is 1. The molecule has 1 heterocycles. The number of methoxy groups -OCH3 is 1. The molecular weight excluding hydrogens is 228 g/mol. The van der Waals surface area contributed by atoms with E-state index in [1.807, 2.05) is 0 Å². The predicted molar refractivity (Wildman–Crippen MR) is 56.7 cm³/mol. The maximum absolute atomic E-state index is 11.5. The lowest BCUT2D eigenvalue weighted by atomic mass is 9.97. The quantitative estimate of drug-likeness (QED) is 0.586. The number of hydrogen-bond donors (Lipinski definition) is 2. The van der Waals surface area contributed by atoms with Crippen LogP contribution in [0.4, 0.5) is 0 Å². The van der Waals surface area contributed by atoms with Crippen LogP contribution in [0.5, 0.6) is 0 Å². The van der Waals surface area contributed by atoms with Crippen molar-refractivity contribution in [1.29, 1.82) is 0 Å². The lowest BCUT2D eigenvalue weighted by Gasteiger charge is -2.14. The number of rotatable bonds is 4. The summed E-state index contributed by atoms with van der Waals surface area (Å²) < 4.78 is 9.23. The molecule has 0 aromatic heterocycles. The summed E-state index contributed by atoms with van der Waals surface area (Å²) in [5.74, 6) is -2.37. The molecular formula is C10H16N2O5. The molecule has 1 rings (SSSR count). The lowest BCUT2D eigenvalue weighted by Crippen LogP contribution is -2.42. The van der Waals surface area contributed by atoms with Crippen molar-refractivity contribution in [2.75, 3.05) is 13.7 Å². The van der Waals surface area contributed by atoms with Crippen LogP contribution in [-0.4, -0.2) is 43.6 Å². The molecule has 3 N–H and O–H groups in total. The summed E-state index contributed by atoms with van der Waals surface area (Å²) in [7, 11) is 1.23. The number of nitrogens with one attached hydrogen (secondary N) is 1. The predicted octanol–water partition coefficient (Wildman–Crippen LogP) is -1.45. The van der Waals surface area contributed by atoms with Gasteiger partial charge in [-0.2, -0.15) is 0 Å². The smallest absolute Gasteiger partial charge is 0.328 e. The Morgan fingerprint density at radius 3 is 2.76 bits per heavy atom. The van der Waals surface area contributed by atoms with Crippen molar-refractivity contribution in [3.05, 3.63) is 0 Å². The average molecular weight is 244 g/mol. The molecule has 1 saturated heterocycles. The van der Waals surface area contributed by atoms with Gasteiger partial charge in [0, 0.05) is 0 Å². The SMILES string of the molecule is CCOC(=O)[C@@H](N)[C@H]1C[C@@H](C(=O)OC)NC1=O. The van der Waals surface area contributed by atoms with Crippen LogP contribution in [0.25, 0.3) is 0 Å². The highest BCUT2D eigenvalue weighted by Gasteiger charge is 2.42. The molecule has 7 heteroatoms. The molecule has 0 aromatic rings. The molecule has 0 radical (unpaired) electrons. The minimum Gasteiger partial charge on any atom is -0.467 e. The van der Waals surface area contributed by atoms with Gasteiger partial charge in [0.15, 0.2) is 0 Å². The third-order valence-corrected chi connectivity index (χ3v) is 2.62. The second-order valence-electron chi connectivity index (χ2n) is 3.70. The van der Waals surface area contributed by atoms with E-state index in [-0.39, 0.29) is 13.0 Å². The molecule has 1 aliphatic heterocycles. The van der Waals surface area contributed by atoms with Gasteiger partial charge in [-0.05, 0) is 13.3 Å². The van der Waals surface area contributed by atoms with Crippen molar-refractivity contribution in [3.63, 3.8) is 0 Å². The molecule has 0 spiro atoms. The highest BCUT2D eigenvalue weighted by Crippen LogP contribution is 2.19. The number of carbonyl (C=O) groups excluding carboxylic acids is 3. The van der Waals surface area contributed by atoms with E-state index >= 15 is 0 Å². The number of hydrogen-bond acceptors (Lipinski definition) is 6. The van der Waals surface area contributed by atoms with Gasteiger partial charge in [-0.25, -0.2) is 4.79 Å². The van der Waals surface area contributed by atoms with Gasteiger partial charge in [-0.3, -0.25) is 9.59 Å². The van der Waals surface area contributed by atoms with Crippen LogP contribution in [0, 0.1) is 5.92 Å².